The van der Waals surface area contributed by atoms with Crippen molar-refractivity contribution in [3.05, 3.63) is 173 Å². The number of ether oxygens (including phenoxy) is 1. The monoisotopic (exact) mass is 732 g/mol. The molecule has 0 spiro atoms. The number of amides is 2. The van der Waals surface area contributed by atoms with Gasteiger partial charge in [0.25, 0.3) is 0 Å². The first-order valence-corrected chi connectivity index (χ1v) is 17.9. The zero-order valence-electron chi connectivity index (χ0n) is 31.1. The van der Waals surface area contributed by atoms with Crippen LogP contribution in [0.4, 0.5) is 11.4 Å². The molecule has 9 heteroatoms. The molecule has 0 aromatic heterocycles. The molecule has 0 radical (unpaired) electrons. The normalized spacial score (nSPS) is 13.3. The number of rotatable bonds is 5. The highest BCUT2D eigenvalue weighted by atomic mass is 16.5. The topological polar surface area (TPSA) is 122 Å². The summed E-state index contributed by atoms with van der Waals surface area (Å²) >= 11 is 0. The second-order valence-corrected chi connectivity index (χ2v) is 13.2. The molecule has 0 saturated heterocycles. The third-order valence-electron chi connectivity index (χ3n) is 9.77. The van der Waals surface area contributed by atoms with Gasteiger partial charge in [-0.25, -0.2) is 0 Å². The number of likely N-dealkylation sites (N-methyl/N-ethyl adjacent to an activating group) is 2. The highest BCUT2D eigenvalue weighted by Gasteiger charge is 2.25. The lowest BCUT2D eigenvalue weighted by atomic mass is 9.94. The highest BCUT2D eigenvalue weighted by molar-refractivity contribution is 6.21. The fraction of sp³-hybridized carbons (Fsp3) is 0.106. The van der Waals surface area contributed by atoms with Gasteiger partial charge >= 0.3 is 0 Å². The van der Waals surface area contributed by atoms with Crippen molar-refractivity contribution in [3.63, 3.8) is 0 Å². The molecule has 2 aliphatic rings. The molecule has 0 aliphatic carbocycles. The summed E-state index contributed by atoms with van der Waals surface area (Å²) in [5.41, 5.74) is 11.6. The van der Waals surface area contributed by atoms with Gasteiger partial charge in [-0.1, -0.05) is 84.9 Å². The lowest BCUT2D eigenvalue weighted by Crippen LogP contribution is -2.27. The lowest BCUT2D eigenvalue weighted by molar-refractivity contribution is -0.117. The van der Waals surface area contributed by atoms with Gasteiger partial charge in [0.2, 0.25) is 11.8 Å². The first kappa shape index (κ1) is 36.7. The maximum absolute atomic E-state index is 12.5. The molecule has 56 heavy (non-hydrogen) atoms. The van der Waals surface area contributed by atoms with Gasteiger partial charge in [-0.15, -0.1) is 0 Å². The lowest BCUT2D eigenvalue weighted by Gasteiger charge is -2.19. The number of nitrogens with zero attached hydrogens (tertiary/aromatic N) is 6. The molecule has 0 atom stereocenters. The van der Waals surface area contributed by atoms with Crippen LogP contribution < -0.4 is 14.5 Å². The number of hydrogen-bond acceptors (Lipinski definition) is 7. The summed E-state index contributed by atoms with van der Waals surface area (Å²) in [6, 6.07) is 48.9. The van der Waals surface area contributed by atoms with Gasteiger partial charge in [0.05, 0.1) is 53.2 Å². The number of anilines is 2. The van der Waals surface area contributed by atoms with E-state index in [1.807, 2.05) is 103 Å². The number of carbonyl (C=O) groups is 2. The van der Waals surface area contributed by atoms with Gasteiger partial charge in [0.15, 0.2) is 0 Å². The third kappa shape index (κ3) is 7.43. The van der Waals surface area contributed by atoms with Crippen LogP contribution in [0.25, 0.3) is 22.3 Å². The van der Waals surface area contributed by atoms with E-state index in [9.17, 15) is 20.1 Å². The van der Waals surface area contributed by atoms with Gasteiger partial charge < -0.3 is 14.5 Å². The standard InChI is InChI=1S/C24H19N3O2.C23H17N3O/c1-27-21-11-10-17(19-8-3-4-9-22(19)29-2)13-20(21)24(26-15-23(27)28)18-7-5-6-16(12-18)14-25;1-26-21-11-10-18(17-7-3-2-4-8-17)13-20(21)23(25-15-22(26)27)19-9-5-6-16(12-19)14-24/h3-13H,15H2,1-2H3;2-13H,15H2,1H3. The Hall–Kier alpha value is -7.62. The highest BCUT2D eigenvalue weighted by Crippen LogP contribution is 2.35. The molecule has 2 amide bonds. The van der Waals surface area contributed by atoms with E-state index >= 15 is 0 Å². The van der Waals surface area contributed by atoms with Gasteiger partial charge in [-0.3, -0.25) is 19.6 Å². The molecule has 9 nitrogen and oxygen atoms in total. The Labute approximate surface area is 325 Å². The Kier molecular flexibility index (Phi) is 10.6. The van der Waals surface area contributed by atoms with Gasteiger partial charge in [-0.05, 0) is 71.3 Å². The predicted octanol–water partition coefficient (Wildman–Crippen LogP) is 8.09. The quantitative estimate of drug-likeness (QED) is 0.177. The van der Waals surface area contributed by atoms with Gasteiger partial charge in [0, 0.05) is 41.9 Å². The first-order valence-electron chi connectivity index (χ1n) is 17.9. The summed E-state index contributed by atoms with van der Waals surface area (Å²) in [4.78, 5) is 37.4. The number of benzene rings is 6. The van der Waals surface area contributed by atoms with Crippen LogP contribution in [0.3, 0.4) is 0 Å². The van der Waals surface area contributed by atoms with E-state index in [-0.39, 0.29) is 24.9 Å². The molecule has 6 aromatic rings. The Morgan fingerprint density at radius 1 is 0.518 bits per heavy atom. The Balaban J connectivity index is 0.000000172. The molecule has 6 aromatic carbocycles. The maximum atomic E-state index is 12.5. The number of benzodiazepines with no additional fused rings is 2. The number of methoxy groups -OCH3 is 1. The van der Waals surface area contributed by atoms with E-state index in [2.05, 4.69) is 40.3 Å². The van der Waals surface area contributed by atoms with Crippen LogP contribution in [0.5, 0.6) is 5.75 Å². The summed E-state index contributed by atoms with van der Waals surface area (Å²) in [6.07, 6.45) is 0. The fourth-order valence-corrected chi connectivity index (χ4v) is 6.81. The van der Waals surface area contributed by atoms with E-state index in [4.69, 9.17) is 4.74 Å². The summed E-state index contributed by atoms with van der Waals surface area (Å²) < 4.78 is 5.52. The molecule has 8 rings (SSSR count). The van der Waals surface area contributed by atoms with Gasteiger partial charge in [-0.2, -0.15) is 10.5 Å². The molecule has 0 fully saturated rings. The van der Waals surface area contributed by atoms with Crippen molar-refractivity contribution in [2.45, 2.75) is 0 Å². The van der Waals surface area contributed by atoms with Crippen molar-refractivity contribution in [3.8, 4) is 40.1 Å². The van der Waals surface area contributed by atoms with Crippen LogP contribution in [-0.2, 0) is 9.59 Å². The van der Waals surface area contributed by atoms with E-state index in [1.165, 1.54) is 0 Å². The molecule has 0 saturated carbocycles. The minimum absolute atomic E-state index is 0.0568. The van der Waals surface area contributed by atoms with Crippen LogP contribution in [-0.4, -0.2) is 57.5 Å². The second-order valence-electron chi connectivity index (χ2n) is 13.2. The van der Waals surface area contributed by atoms with Crippen molar-refractivity contribution >= 4 is 34.6 Å². The molecule has 0 N–H and O–H groups in total. The van der Waals surface area contributed by atoms with E-state index < -0.39 is 0 Å². The number of nitriles is 2. The average molecular weight is 733 g/mol. The molecule has 2 heterocycles. The van der Waals surface area contributed by atoms with Crippen molar-refractivity contribution in [2.75, 3.05) is 44.1 Å². The van der Waals surface area contributed by atoms with Crippen molar-refractivity contribution < 1.29 is 14.3 Å². The van der Waals surface area contributed by atoms with E-state index in [0.29, 0.717) is 16.8 Å². The predicted molar refractivity (Wildman–Crippen MR) is 220 cm³/mol. The van der Waals surface area contributed by atoms with E-state index in [0.717, 1.165) is 67.3 Å². The number of hydrogen-bond donors (Lipinski definition) is 0. The Morgan fingerprint density at radius 3 is 1.54 bits per heavy atom. The minimum atomic E-state index is -0.0808. The second kappa shape index (κ2) is 16.2. The van der Waals surface area contributed by atoms with Crippen molar-refractivity contribution in [1.82, 2.24) is 0 Å². The Bertz CT molecular complexity index is 2630. The molecule has 0 bridgehead atoms. The first-order chi connectivity index (χ1) is 27.3. The Morgan fingerprint density at radius 2 is 1.00 bits per heavy atom. The van der Waals surface area contributed by atoms with Gasteiger partial charge in [0.1, 0.15) is 18.8 Å². The number of carbonyl (C=O) groups excluding carboxylic acids is 2. The molecule has 0 unspecified atom stereocenters. The van der Waals surface area contributed by atoms with Crippen molar-refractivity contribution in [2.24, 2.45) is 9.98 Å². The number of fused-ring (bicyclic) bond motifs is 2. The molecule has 2 aliphatic heterocycles. The van der Waals surface area contributed by atoms with Crippen LogP contribution in [0.1, 0.15) is 33.4 Å². The molecular formula is C47H36N6O3. The average Bonchev–Trinajstić information content (AvgIpc) is 3.46. The van der Waals surface area contributed by atoms with E-state index in [1.54, 1.807) is 49.2 Å². The van der Waals surface area contributed by atoms with Crippen LogP contribution >= 0.6 is 0 Å². The number of para-hydroxylation sites is 1. The molecular weight excluding hydrogens is 697 g/mol. The number of aliphatic imine (C=N–C) groups is 2. The minimum Gasteiger partial charge on any atom is -0.496 e. The fourth-order valence-electron chi connectivity index (χ4n) is 6.81. The summed E-state index contributed by atoms with van der Waals surface area (Å²) in [5, 5.41) is 18.5. The van der Waals surface area contributed by atoms with Crippen LogP contribution in [0, 0.1) is 22.7 Å². The van der Waals surface area contributed by atoms with Crippen molar-refractivity contribution in [1.29, 1.82) is 10.5 Å². The SMILES string of the molecule is CN1C(=O)CN=C(c2cccc(C#N)c2)c2cc(-c3ccccc3)ccc21.COc1ccccc1-c1ccc2c(c1)C(c1cccc(C#N)c1)=NCC(=O)N2C. The van der Waals surface area contributed by atoms with Crippen LogP contribution in [0.15, 0.2) is 150 Å². The summed E-state index contributed by atoms with van der Waals surface area (Å²) in [6.45, 7) is 0.138. The largest absolute Gasteiger partial charge is 0.496 e. The zero-order chi connectivity index (χ0) is 39.2. The third-order valence-corrected chi connectivity index (χ3v) is 9.77. The smallest absolute Gasteiger partial charge is 0.248 e. The zero-order valence-corrected chi connectivity index (χ0v) is 31.1. The molecule has 272 valence electrons. The van der Waals surface area contributed by atoms with Crippen LogP contribution in [0.2, 0.25) is 0 Å². The summed E-state index contributed by atoms with van der Waals surface area (Å²) in [7, 11) is 5.18. The summed E-state index contributed by atoms with van der Waals surface area (Å²) in [5.74, 6) is 0.633. The maximum Gasteiger partial charge on any atom is 0.248 e.